The molecule has 1 aliphatic carbocycles. The summed E-state index contributed by atoms with van der Waals surface area (Å²) >= 11 is 0. The van der Waals surface area contributed by atoms with E-state index in [0.29, 0.717) is 34.9 Å². The minimum Gasteiger partial charge on any atom is -0.494 e. The van der Waals surface area contributed by atoms with Crippen molar-refractivity contribution < 1.29 is 9.53 Å². The Morgan fingerprint density at radius 3 is 2.66 bits per heavy atom. The monoisotopic (exact) mass is 466 g/mol. The van der Waals surface area contributed by atoms with Crippen LogP contribution in [0.25, 0.3) is 22.3 Å². The third-order valence-corrected chi connectivity index (χ3v) is 6.93. The van der Waals surface area contributed by atoms with Crippen LogP contribution in [0.5, 0.6) is 5.75 Å². The summed E-state index contributed by atoms with van der Waals surface area (Å²) in [6.07, 6.45) is 9.72. The summed E-state index contributed by atoms with van der Waals surface area (Å²) in [5.74, 6) is 1.97. The van der Waals surface area contributed by atoms with Crippen molar-refractivity contribution in [2.75, 3.05) is 11.9 Å². The van der Waals surface area contributed by atoms with E-state index >= 15 is 0 Å². The van der Waals surface area contributed by atoms with Gasteiger partial charge in [-0.15, -0.1) is 0 Å². The molecule has 0 spiro atoms. The Kier molecular flexibility index (Phi) is 6.45. The summed E-state index contributed by atoms with van der Waals surface area (Å²) in [5.41, 5.74) is 3.32. The number of fused-ring (bicyclic) bond motifs is 1. The second-order valence-electron chi connectivity index (χ2n) is 9.66. The quantitative estimate of drug-likeness (QED) is 0.282. The van der Waals surface area contributed by atoms with Crippen molar-refractivity contribution in [2.45, 2.75) is 46.0 Å². The lowest BCUT2D eigenvalue weighted by Crippen LogP contribution is -2.15. The van der Waals surface area contributed by atoms with Gasteiger partial charge in [0.15, 0.2) is 11.6 Å². The highest BCUT2D eigenvalue weighted by atomic mass is 16.5. The van der Waals surface area contributed by atoms with Gasteiger partial charge in [-0.05, 0) is 74.1 Å². The van der Waals surface area contributed by atoms with Gasteiger partial charge in [-0.1, -0.05) is 31.9 Å². The van der Waals surface area contributed by atoms with Crippen LogP contribution in [0.4, 0.5) is 11.5 Å². The van der Waals surface area contributed by atoms with E-state index in [9.17, 15) is 4.79 Å². The van der Waals surface area contributed by atoms with Crippen molar-refractivity contribution in [3.63, 3.8) is 0 Å². The third-order valence-electron chi connectivity index (χ3n) is 6.93. The van der Waals surface area contributed by atoms with Gasteiger partial charge in [0, 0.05) is 28.9 Å². The Morgan fingerprint density at radius 1 is 1.06 bits per heavy atom. The Bertz CT molecular complexity index is 1350. The van der Waals surface area contributed by atoms with Crippen LogP contribution in [-0.4, -0.2) is 27.3 Å². The van der Waals surface area contributed by atoms with Crippen molar-refractivity contribution in [1.29, 1.82) is 0 Å². The average molecular weight is 467 g/mol. The van der Waals surface area contributed by atoms with Crippen molar-refractivity contribution in [2.24, 2.45) is 5.41 Å². The fraction of sp³-hybridized carbons (Fsp3) is 0.310. The first-order valence-electron chi connectivity index (χ1n) is 12.2. The normalized spacial score (nSPS) is 14.7. The van der Waals surface area contributed by atoms with Gasteiger partial charge >= 0.3 is 0 Å². The van der Waals surface area contributed by atoms with Crippen molar-refractivity contribution >= 4 is 28.2 Å². The summed E-state index contributed by atoms with van der Waals surface area (Å²) in [4.78, 5) is 26.0. The molecule has 6 heteroatoms. The first-order chi connectivity index (χ1) is 17.0. The second-order valence-corrected chi connectivity index (χ2v) is 9.66. The molecular formula is C29H30N4O2. The number of benzene rings is 2. The van der Waals surface area contributed by atoms with Gasteiger partial charge in [0.2, 0.25) is 0 Å². The van der Waals surface area contributed by atoms with Crippen LogP contribution in [-0.2, 0) is 0 Å². The molecule has 4 aromatic rings. The van der Waals surface area contributed by atoms with Crippen LogP contribution in [0, 0.1) is 5.41 Å². The van der Waals surface area contributed by atoms with Crippen LogP contribution in [0.2, 0.25) is 0 Å². The maximum Gasteiger partial charge on any atom is 0.163 e. The van der Waals surface area contributed by atoms with Gasteiger partial charge in [0.05, 0.1) is 17.8 Å². The molecule has 1 fully saturated rings. The minimum absolute atomic E-state index is 0.0108. The number of hydrogen-bond donors (Lipinski definition) is 1. The number of aromatic nitrogens is 3. The largest absolute Gasteiger partial charge is 0.494 e. The number of rotatable bonds is 8. The molecule has 2 aromatic carbocycles. The molecule has 1 N–H and O–H groups in total. The van der Waals surface area contributed by atoms with Crippen molar-refractivity contribution in [1.82, 2.24) is 15.0 Å². The Labute approximate surface area is 205 Å². The lowest BCUT2D eigenvalue weighted by molar-refractivity contribution is 0.101. The smallest absolute Gasteiger partial charge is 0.163 e. The van der Waals surface area contributed by atoms with Gasteiger partial charge in [0.25, 0.3) is 0 Å². The molecule has 1 saturated carbocycles. The van der Waals surface area contributed by atoms with E-state index in [1.165, 1.54) is 25.7 Å². The number of ketones is 1. The van der Waals surface area contributed by atoms with E-state index in [-0.39, 0.29) is 5.78 Å². The van der Waals surface area contributed by atoms with E-state index < -0.39 is 0 Å². The lowest BCUT2D eigenvalue weighted by atomic mass is 9.86. The molecule has 5 rings (SSSR count). The zero-order chi connectivity index (χ0) is 24.3. The Morgan fingerprint density at radius 2 is 1.89 bits per heavy atom. The molecule has 0 atom stereocenters. The first-order valence-corrected chi connectivity index (χ1v) is 12.2. The number of nitrogens with one attached hydrogen (secondary N) is 1. The Balaban J connectivity index is 1.51. The van der Waals surface area contributed by atoms with E-state index in [2.05, 4.69) is 17.2 Å². The van der Waals surface area contributed by atoms with E-state index in [1.54, 1.807) is 19.3 Å². The molecule has 0 radical (unpaired) electrons. The van der Waals surface area contributed by atoms with E-state index in [1.807, 2.05) is 54.6 Å². The fourth-order valence-corrected chi connectivity index (χ4v) is 4.84. The van der Waals surface area contributed by atoms with Gasteiger partial charge in [-0.25, -0.2) is 9.97 Å². The molecule has 0 bridgehead atoms. The van der Waals surface area contributed by atoms with Crippen molar-refractivity contribution in [3.05, 3.63) is 72.6 Å². The number of ether oxygens (including phenoxy) is 1. The number of carbonyl (C=O) groups excluding carboxylic acids is 1. The maximum absolute atomic E-state index is 12.2. The summed E-state index contributed by atoms with van der Waals surface area (Å²) in [5, 5.41) is 4.23. The summed E-state index contributed by atoms with van der Waals surface area (Å²) < 4.78 is 6.18. The number of Topliss-reactive ketones (excluding diaryl/α,β-unsaturated/α-hetero) is 1. The molecule has 2 heterocycles. The predicted octanol–water partition coefficient (Wildman–Crippen LogP) is 6.99. The molecule has 6 nitrogen and oxygen atoms in total. The van der Waals surface area contributed by atoms with Crippen LogP contribution in [0.1, 0.15) is 56.3 Å². The van der Waals surface area contributed by atoms with Gasteiger partial charge in [-0.2, -0.15) is 0 Å². The SMILES string of the molecule is CC(=O)c1ccccc1Nc1nc(-c2cccnc2)nc2ccc(OCCC3(C)CCCC3)cc12. The van der Waals surface area contributed by atoms with Gasteiger partial charge < -0.3 is 10.1 Å². The number of nitrogens with zero attached hydrogens (tertiary/aromatic N) is 3. The molecule has 35 heavy (non-hydrogen) atoms. The predicted molar refractivity (Wildman–Crippen MR) is 139 cm³/mol. The summed E-state index contributed by atoms with van der Waals surface area (Å²) in [6, 6.07) is 17.2. The lowest BCUT2D eigenvalue weighted by Gasteiger charge is -2.23. The zero-order valence-corrected chi connectivity index (χ0v) is 20.3. The number of hydrogen-bond acceptors (Lipinski definition) is 6. The van der Waals surface area contributed by atoms with Crippen molar-refractivity contribution in [3.8, 4) is 17.1 Å². The average Bonchev–Trinajstić information content (AvgIpc) is 3.31. The molecule has 1 aliphatic rings. The second kappa shape index (κ2) is 9.82. The van der Waals surface area contributed by atoms with E-state index in [0.717, 1.165) is 28.6 Å². The van der Waals surface area contributed by atoms with Crippen LogP contribution in [0.15, 0.2) is 67.0 Å². The van der Waals surface area contributed by atoms with Crippen LogP contribution >= 0.6 is 0 Å². The standard InChI is InChI=1S/C29H30N4O2/c1-20(34)23-9-3-4-10-25(23)32-28-24-18-22(35-17-15-29(2)13-5-6-14-29)11-12-26(24)31-27(33-28)21-8-7-16-30-19-21/h3-4,7-12,16,18-19H,5-6,13-15,17H2,1-2H3,(H,31,32,33). The Hall–Kier alpha value is -3.80. The molecule has 0 saturated heterocycles. The number of pyridine rings is 1. The molecule has 2 aromatic heterocycles. The number of anilines is 2. The topological polar surface area (TPSA) is 77.0 Å². The number of para-hydroxylation sites is 1. The van der Waals surface area contributed by atoms with Gasteiger partial charge in [0.1, 0.15) is 11.6 Å². The minimum atomic E-state index is -0.0108. The van der Waals surface area contributed by atoms with Gasteiger partial charge in [-0.3, -0.25) is 9.78 Å². The first kappa shape index (κ1) is 23.0. The summed E-state index contributed by atoms with van der Waals surface area (Å²) in [6.45, 7) is 4.62. The molecule has 0 aliphatic heterocycles. The zero-order valence-electron chi connectivity index (χ0n) is 20.3. The fourth-order valence-electron chi connectivity index (χ4n) is 4.84. The molecular weight excluding hydrogens is 436 g/mol. The van der Waals surface area contributed by atoms with E-state index in [4.69, 9.17) is 14.7 Å². The molecule has 0 unspecified atom stereocenters. The van der Waals surface area contributed by atoms with Crippen LogP contribution < -0.4 is 10.1 Å². The van der Waals surface area contributed by atoms with Crippen LogP contribution in [0.3, 0.4) is 0 Å². The molecule has 0 amide bonds. The molecule has 178 valence electrons. The third kappa shape index (κ3) is 5.16. The highest BCUT2D eigenvalue weighted by Crippen LogP contribution is 2.40. The summed E-state index contributed by atoms with van der Waals surface area (Å²) in [7, 11) is 0. The maximum atomic E-state index is 12.2. The number of carbonyl (C=O) groups is 1. The highest BCUT2D eigenvalue weighted by Gasteiger charge is 2.28. The highest BCUT2D eigenvalue weighted by molar-refractivity contribution is 6.01.